The summed E-state index contributed by atoms with van der Waals surface area (Å²) in [6.07, 6.45) is -7.12. The average Bonchev–Trinajstić information content (AvgIpc) is 3.03. The van der Waals surface area contributed by atoms with E-state index in [0.717, 1.165) is 25.5 Å². The van der Waals surface area contributed by atoms with Gasteiger partial charge in [-0.2, -0.15) is 5.10 Å². The third-order valence-electron chi connectivity index (χ3n) is 7.13. The lowest BCUT2D eigenvalue weighted by molar-refractivity contribution is -0.271. The molecule has 0 aliphatic carbocycles. The molecule has 5 atom stereocenters. The van der Waals surface area contributed by atoms with Crippen LogP contribution >= 0.6 is 12.2 Å². The van der Waals surface area contributed by atoms with Gasteiger partial charge in [-0.25, -0.2) is 4.68 Å². The van der Waals surface area contributed by atoms with Gasteiger partial charge in [-0.05, 0) is 54.2 Å². The molecule has 4 rings (SSSR count). The Labute approximate surface area is 280 Å². The third kappa shape index (κ3) is 8.43. The molecule has 0 unspecified atom stereocenters. The van der Waals surface area contributed by atoms with Crippen LogP contribution in [0.15, 0.2) is 53.3 Å². The van der Waals surface area contributed by atoms with Gasteiger partial charge in [-0.15, -0.1) is 0 Å². The maximum absolute atomic E-state index is 14.0. The molecule has 1 fully saturated rings. The summed E-state index contributed by atoms with van der Waals surface area (Å²) in [7, 11) is 3.03. The highest BCUT2D eigenvalue weighted by Crippen LogP contribution is 2.35. The number of rotatable bonds is 11. The van der Waals surface area contributed by atoms with Crippen LogP contribution in [-0.2, 0) is 49.3 Å². The molecule has 0 amide bonds. The maximum Gasteiger partial charge on any atom is 0.303 e. The summed E-state index contributed by atoms with van der Waals surface area (Å²) in [6, 6.07) is 13.5. The second kappa shape index (κ2) is 15.7. The Morgan fingerprint density at radius 2 is 1.29 bits per heavy atom. The zero-order valence-electron chi connectivity index (χ0n) is 27.1. The Bertz CT molecular complexity index is 1770. The lowest BCUT2D eigenvalue weighted by Gasteiger charge is -2.44. The van der Waals surface area contributed by atoms with Crippen LogP contribution in [-0.4, -0.2) is 83.5 Å². The second-order valence-corrected chi connectivity index (χ2v) is 11.0. The van der Waals surface area contributed by atoms with Crippen molar-refractivity contribution in [1.82, 2.24) is 14.3 Å². The van der Waals surface area contributed by atoms with E-state index in [2.05, 4.69) is 5.10 Å². The van der Waals surface area contributed by atoms with Crippen molar-refractivity contribution in [2.45, 2.75) is 64.8 Å². The van der Waals surface area contributed by atoms with E-state index in [4.69, 9.17) is 45.4 Å². The first-order chi connectivity index (χ1) is 22.8. The zero-order chi connectivity index (χ0) is 35.1. The van der Waals surface area contributed by atoms with Gasteiger partial charge in [0.25, 0.3) is 5.56 Å². The van der Waals surface area contributed by atoms with E-state index in [1.807, 2.05) is 0 Å². The molecule has 256 valence electrons. The molecular formula is C32H35N3O12S. The Kier molecular flexibility index (Phi) is 11.7. The van der Waals surface area contributed by atoms with Crippen LogP contribution in [0, 0.1) is 4.77 Å². The number of ether oxygens (including phenoxy) is 7. The summed E-state index contributed by atoms with van der Waals surface area (Å²) in [6.45, 7) is 4.06. The molecule has 1 aromatic heterocycles. The van der Waals surface area contributed by atoms with Crippen molar-refractivity contribution in [2.24, 2.45) is 0 Å². The van der Waals surface area contributed by atoms with E-state index in [9.17, 15) is 24.0 Å². The third-order valence-corrected chi connectivity index (χ3v) is 7.50. The number of hydrogen-bond acceptors (Lipinski definition) is 14. The fourth-order valence-electron chi connectivity index (χ4n) is 5.11. The number of carbonyl (C=O) groups excluding carboxylic acids is 4. The van der Waals surface area contributed by atoms with Crippen molar-refractivity contribution in [3.05, 3.63) is 74.9 Å². The van der Waals surface area contributed by atoms with Crippen LogP contribution in [0.3, 0.4) is 0 Å². The molecule has 0 saturated carbocycles. The van der Waals surface area contributed by atoms with Crippen LogP contribution in [0.2, 0.25) is 0 Å². The van der Waals surface area contributed by atoms with Gasteiger partial charge in [0.15, 0.2) is 24.5 Å². The topological polar surface area (TPSA) is 173 Å². The largest absolute Gasteiger partial charge is 0.497 e. The summed E-state index contributed by atoms with van der Waals surface area (Å²) in [4.78, 5) is 62.9. The highest BCUT2D eigenvalue weighted by Gasteiger charge is 2.53. The fourth-order valence-corrected chi connectivity index (χ4v) is 5.44. The van der Waals surface area contributed by atoms with Gasteiger partial charge >= 0.3 is 23.9 Å². The quantitative estimate of drug-likeness (QED) is 0.164. The number of aromatic nitrogens is 3. The molecule has 1 aliphatic rings. The minimum Gasteiger partial charge on any atom is -0.497 e. The molecule has 3 aromatic rings. The number of nitrogens with zero attached hydrogens (tertiary/aromatic N) is 3. The Morgan fingerprint density at radius 1 is 0.771 bits per heavy atom. The van der Waals surface area contributed by atoms with Crippen LogP contribution in [0.25, 0.3) is 5.69 Å². The number of hydrogen-bond donors (Lipinski definition) is 0. The molecule has 48 heavy (non-hydrogen) atoms. The minimum absolute atomic E-state index is 0.0115. The van der Waals surface area contributed by atoms with Gasteiger partial charge in [-0.1, -0.05) is 12.1 Å². The number of esters is 4. The first-order valence-electron chi connectivity index (χ1n) is 14.7. The van der Waals surface area contributed by atoms with Crippen LogP contribution in [0.5, 0.6) is 11.5 Å². The molecule has 16 heteroatoms. The van der Waals surface area contributed by atoms with Crippen molar-refractivity contribution >= 4 is 36.1 Å². The second-order valence-electron chi connectivity index (χ2n) is 10.6. The standard InChI is InChI=1S/C32H35N3O12S/c1-17(36)43-16-26-27(44-18(2)37)28(45-19(3)38)29(46-20(4)39)31(47-26)35-32(48)34(22-9-13-24(42-6)14-10-22)30(40)25(33-35)15-21-7-11-23(41-5)12-8-21/h7-14,26-29,31H,15-16H2,1-6H3/t26-,27-,28+,29-,31-/m1/s1. The SMILES string of the molecule is COc1ccc(Cc2nn([C@@H]3O[C@H](COC(C)=O)[C@@H](OC(C)=O)[C@H](OC(C)=O)[C@H]3OC(C)=O)c(=S)n(-c3ccc(OC)cc3)c2=O)cc1. The molecule has 0 spiro atoms. The van der Waals surface area contributed by atoms with Crippen molar-refractivity contribution in [1.29, 1.82) is 0 Å². The fraction of sp³-hybridized carbons (Fsp3) is 0.406. The summed E-state index contributed by atoms with van der Waals surface area (Å²) < 4.78 is 40.9. The van der Waals surface area contributed by atoms with Crippen molar-refractivity contribution in [3.63, 3.8) is 0 Å². The van der Waals surface area contributed by atoms with Crippen molar-refractivity contribution in [2.75, 3.05) is 20.8 Å². The lowest BCUT2D eigenvalue weighted by Crippen LogP contribution is -2.61. The van der Waals surface area contributed by atoms with Gasteiger partial charge in [0.1, 0.15) is 29.9 Å². The number of benzene rings is 2. The molecule has 1 aliphatic heterocycles. The molecule has 0 radical (unpaired) electrons. The predicted molar refractivity (Wildman–Crippen MR) is 168 cm³/mol. The van der Waals surface area contributed by atoms with Crippen molar-refractivity contribution < 1.29 is 52.3 Å². The van der Waals surface area contributed by atoms with Crippen LogP contribution in [0.1, 0.15) is 45.2 Å². The molecule has 15 nitrogen and oxygen atoms in total. The molecule has 0 bridgehead atoms. The van der Waals surface area contributed by atoms with Gasteiger partial charge in [0.2, 0.25) is 4.77 Å². The van der Waals surface area contributed by atoms with Gasteiger partial charge in [-0.3, -0.25) is 28.5 Å². The Morgan fingerprint density at radius 3 is 1.81 bits per heavy atom. The summed E-state index contributed by atoms with van der Waals surface area (Å²) >= 11 is 5.81. The molecule has 2 heterocycles. The molecule has 2 aromatic carbocycles. The average molecular weight is 686 g/mol. The highest BCUT2D eigenvalue weighted by atomic mass is 32.1. The minimum atomic E-state index is -1.51. The van der Waals surface area contributed by atoms with E-state index in [1.54, 1.807) is 48.5 Å². The van der Waals surface area contributed by atoms with Crippen LogP contribution < -0.4 is 15.0 Å². The number of methoxy groups -OCH3 is 2. The smallest absolute Gasteiger partial charge is 0.303 e. The van der Waals surface area contributed by atoms with Crippen molar-refractivity contribution in [3.8, 4) is 17.2 Å². The van der Waals surface area contributed by atoms with Crippen LogP contribution in [0.4, 0.5) is 0 Å². The summed E-state index contributed by atoms with van der Waals surface area (Å²) in [5.41, 5.74) is 0.510. The molecular weight excluding hydrogens is 650 g/mol. The first-order valence-corrected chi connectivity index (χ1v) is 15.1. The van der Waals surface area contributed by atoms with Gasteiger partial charge < -0.3 is 33.2 Å². The number of carbonyl (C=O) groups is 4. The highest BCUT2D eigenvalue weighted by molar-refractivity contribution is 7.71. The monoisotopic (exact) mass is 685 g/mol. The zero-order valence-corrected chi connectivity index (χ0v) is 27.9. The Hall–Kier alpha value is -5.09. The van der Waals surface area contributed by atoms with E-state index in [-0.39, 0.29) is 16.9 Å². The van der Waals surface area contributed by atoms with E-state index in [1.165, 1.54) is 25.7 Å². The summed E-state index contributed by atoms with van der Waals surface area (Å²) in [5.74, 6) is -1.93. The van der Waals surface area contributed by atoms with E-state index < -0.39 is 66.7 Å². The molecule has 1 saturated heterocycles. The Balaban J connectivity index is 1.97. The predicted octanol–water partition coefficient (Wildman–Crippen LogP) is 2.63. The lowest BCUT2D eigenvalue weighted by atomic mass is 9.97. The summed E-state index contributed by atoms with van der Waals surface area (Å²) in [5, 5.41) is 4.59. The van der Waals surface area contributed by atoms with Gasteiger partial charge in [0, 0.05) is 34.1 Å². The molecule has 0 N–H and O–H groups in total. The van der Waals surface area contributed by atoms with Gasteiger partial charge in [0.05, 0.1) is 19.9 Å². The normalized spacial score (nSPS) is 20.2. The first kappa shape index (κ1) is 35.8. The van der Waals surface area contributed by atoms with E-state index >= 15 is 0 Å². The van der Waals surface area contributed by atoms with E-state index in [0.29, 0.717) is 22.7 Å². The maximum atomic E-state index is 14.0.